The lowest BCUT2D eigenvalue weighted by molar-refractivity contribution is 0.468. The van der Waals surface area contributed by atoms with E-state index < -0.39 is 0 Å². The molecule has 0 aliphatic heterocycles. The van der Waals surface area contributed by atoms with Gasteiger partial charge in [-0.1, -0.05) is 12.1 Å². The van der Waals surface area contributed by atoms with Gasteiger partial charge in [0.2, 0.25) is 0 Å². The Morgan fingerprint density at radius 3 is 2.42 bits per heavy atom. The number of aryl methyl sites for hydroxylation is 2. The topological polar surface area (TPSA) is 9.23 Å². The summed E-state index contributed by atoms with van der Waals surface area (Å²) in [6.07, 6.45) is 0. The van der Waals surface area contributed by atoms with E-state index >= 15 is 0 Å². The smallest absolute Gasteiger partial charge is 0.133 e. The minimum absolute atomic E-state index is 0.219. The molecule has 0 bridgehead atoms. The van der Waals surface area contributed by atoms with Crippen molar-refractivity contribution in [3.05, 3.63) is 58.4 Å². The van der Waals surface area contributed by atoms with E-state index in [1.807, 2.05) is 26.8 Å². The number of hydrogen-bond acceptors (Lipinski definition) is 1. The molecule has 100 valence electrons. The first-order chi connectivity index (χ1) is 9.02. The highest BCUT2D eigenvalue weighted by Gasteiger charge is 2.11. The number of hydrogen-bond donors (Lipinski definition) is 0. The summed E-state index contributed by atoms with van der Waals surface area (Å²) in [6, 6.07) is 8.48. The van der Waals surface area contributed by atoms with Gasteiger partial charge >= 0.3 is 0 Å². The molecule has 0 heterocycles. The van der Waals surface area contributed by atoms with E-state index in [9.17, 15) is 4.39 Å². The van der Waals surface area contributed by atoms with Gasteiger partial charge in [0.1, 0.15) is 17.3 Å². The summed E-state index contributed by atoms with van der Waals surface area (Å²) in [6.45, 7) is 6.04. The van der Waals surface area contributed by atoms with E-state index in [0.717, 1.165) is 22.4 Å². The molecule has 19 heavy (non-hydrogen) atoms. The fourth-order valence-electron chi connectivity index (χ4n) is 1.94. The third kappa shape index (κ3) is 2.90. The Labute approximate surface area is 118 Å². The summed E-state index contributed by atoms with van der Waals surface area (Å²) < 4.78 is 19.1. The molecule has 0 aliphatic rings. The van der Waals surface area contributed by atoms with E-state index in [4.69, 9.17) is 16.3 Å². The second-order valence-electron chi connectivity index (χ2n) is 4.64. The first kappa shape index (κ1) is 13.9. The van der Waals surface area contributed by atoms with Gasteiger partial charge in [-0.3, -0.25) is 0 Å². The molecule has 0 aliphatic carbocycles. The van der Waals surface area contributed by atoms with Gasteiger partial charge in [0.15, 0.2) is 0 Å². The number of ether oxygens (including phenoxy) is 1. The molecular weight excluding hydrogens is 263 g/mol. The number of benzene rings is 2. The molecular formula is C16H16ClFO. The van der Waals surface area contributed by atoms with Crippen LogP contribution in [-0.4, -0.2) is 0 Å². The predicted molar refractivity (Wildman–Crippen MR) is 76.7 cm³/mol. The maximum absolute atomic E-state index is 13.2. The molecule has 0 amide bonds. The van der Waals surface area contributed by atoms with Crippen molar-refractivity contribution >= 4 is 11.6 Å². The van der Waals surface area contributed by atoms with Crippen molar-refractivity contribution in [1.29, 1.82) is 0 Å². The molecule has 3 heteroatoms. The van der Waals surface area contributed by atoms with Crippen LogP contribution < -0.4 is 4.74 Å². The number of halogens is 2. The molecule has 1 nitrogen and oxygen atoms in total. The van der Waals surface area contributed by atoms with Crippen LogP contribution in [0.5, 0.6) is 11.5 Å². The molecule has 2 aromatic rings. The maximum Gasteiger partial charge on any atom is 0.133 e. The summed E-state index contributed by atoms with van der Waals surface area (Å²) in [5, 5.41) is 0. The van der Waals surface area contributed by atoms with Gasteiger partial charge < -0.3 is 4.74 Å². The van der Waals surface area contributed by atoms with Crippen LogP contribution in [0.15, 0.2) is 30.3 Å². The van der Waals surface area contributed by atoms with Crippen LogP contribution >= 0.6 is 11.6 Å². The summed E-state index contributed by atoms with van der Waals surface area (Å²) in [5.41, 5.74) is 3.95. The van der Waals surface area contributed by atoms with Crippen molar-refractivity contribution in [2.45, 2.75) is 26.7 Å². The van der Waals surface area contributed by atoms with Crippen LogP contribution in [0.4, 0.5) is 4.39 Å². The van der Waals surface area contributed by atoms with Crippen molar-refractivity contribution < 1.29 is 9.13 Å². The lowest BCUT2D eigenvalue weighted by atomic mass is 10.1. The largest absolute Gasteiger partial charge is 0.456 e. The van der Waals surface area contributed by atoms with Crippen LogP contribution in [0.2, 0.25) is 0 Å². The van der Waals surface area contributed by atoms with Gasteiger partial charge in [0, 0.05) is 5.56 Å². The van der Waals surface area contributed by atoms with Crippen molar-refractivity contribution in [3.63, 3.8) is 0 Å². The van der Waals surface area contributed by atoms with Gasteiger partial charge in [0.25, 0.3) is 0 Å². The monoisotopic (exact) mass is 278 g/mol. The molecule has 2 aromatic carbocycles. The van der Waals surface area contributed by atoms with Crippen LogP contribution in [0.25, 0.3) is 0 Å². The molecule has 0 unspecified atom stereocenters. The molecule has 0 spiro atoms. The van der Waals surface area contributed by atoms with Crippen molar-refractivity contribution in [3.8, 4) is 11.5 Å². The first-order valence-corrected chi connectivity index (χ1v) is 6.65. The zero-order chi connectivity index (χ0) is 14.0. The molecule has 0 aromatic heterocycles. The Kier molecular flexibility index (Phi) is 4.11. The lowest BCUT2D eigenvalue weighted by Gasteiger charge is -2.15. The Morgan fingerprint density at radius 2 is 1.74 bits per heavy atom. The molecule has 0 atom stereocenters. The van der Waals surface area contributed by atoms with Crippen LogP contribution in [0, 0.1) is 26.6 Å². The number of alkyl halides is 1. The normalized spacial score (nSPS) is 10.6. The predicted octanol–water partition coefficient (Wildman–Crippen LogP) is 5.28. The van der Waals surface area contributed by atoms with Crippen molar-refractivity contribution in [2.24, 2.45) is 0 Å². The summed E-state index contributed by atoms with van der Waals surface area (Å²) in [7, 11) is 0. The van der Waals surface area contributed by atoms with E-state index in [-0.39, 0.29) is 11.7 Å². The van der Waals surface area contributed by atoms with Crippen LogP contribution in [0.1, 0.15) is 22.3 Å². The third-order valence-corrected chi connectivity index (χ3v) is 3.54. The fraction of sp³-hybridized carbons (Fsp3) is 0.250. The highest BCUT2D eigenvalue weighted by atomic mass is 35.5. The summed E-state index contributed by atoms with van der Waals surface area (Å²) >= 11 is 5.83. The van der Waals surface area contributed by atoms with Gasteiger partial charge in [-0.2, -0.15) is 0 Å². The van der Waals surface area contributed by atoms with Gasteiger partial charge in [-0.25, -0.2) is 4.39 Å². The van der Waals surface area contributed by atoms with E-state index in [0.29, 0.717) is 11.3 Å². The summed E-state index contributed by atoms with van der Waals surface area (Å²) in [5.74, 6) is 1.34. The highest BCUT2D eigenvalue weighted by molar-refractivity contribution is 6.17. The molecule has 0 fully saturated rings. The quantitative estimate of drug-likeness (QED) is 0.694. The van der Waals surface area contributed by atoms with Crippen molar-refractivity contribution in [1.82, 2.24) is 0 Å². The molecule has 0 saturated carbocycles. The molecule has 0 saturated heterocycles. The van der Waals surface area contributed by atoms with E-state index in [1.165, 1.54) is 12.1 Å². The molecule has 0 N–H and O–H groups in total. The second-order valence-corrected chi connectivity index (χ2v) is 4.91. The second kappa shape index (κ2) is 5.62. The average Bonchev–Trinajstić information content (AvgIpc) is 2.40. The van der Waals surface area contributed by atoms with Crippen molar-refractivity contribution in [2.75, 3.05) is 0 Å². The Balaban J connectivity index is 2.44. The van der Waals surface area contributed by atoms with Crippen LogP contribution in [-0.2, 0) is 5.88 Å². The van der Waals surface area contributed by atoms with Gasteiger partial charge in [-0.05, 0) is 55.7 Å². The third-order valence-electron chi connectivity index (χ3n) is 3.25. The van der Waals surface area contributed by atoms with Gasteiger partial charge in [0.05, 0.1) is 5.88 Å². The van der Waals surface area contributed by atoms with E-state index in [2.05, 4.69) is 6.07 Å². The zero-order valence-corrected chi connectivity index (χ0v) is 12.0. The Hall–Kier alpha value is -1.54. The number of rotatable bonds is 3. The first-order valence-electron chi connectivity index (χ1n) is 6.12. The van der Waals surface area contributed by atoms with Crippen LogP contribution in [0.3, 0.4) is 0 Å². The zero-order valence-electron chi connectivity index (χ0n) is 11.3. The Morgan fingerprint density at radius 1 is 1.05 bits per heavy atom. The SMILES string of the molecule is Cc1ccc(C)c(Oc2ccc(F)cc2CCl)c1C. The highest BCUT2D eigenvalue weighted by Crippen LogP contribution is 2.33. The average molecular weight is 279 g/mol. The maximum atomic E-state index is 13.2. The molecule has 2 rings (SSSR count). The standard InChI is InChI=1S/C16H16ClFO/c1-10-4-5-11(2)16(12(10)3)19-15-7-6-14(18)8-13(15)9-17/h4-8H,9H2,1-3H3. The molecule has 0 radical (unpaired) electrons. The Bertz CT molecular complexity index is 608. The minimum atomic E-state index is -0.305. The minimum Gasteiger partial charge on any atom is -0.456 e. The van der Waals surface area contributed by atoms with E-state index in [1.54, 1.807) is 6.07 Å². The fourth-order valence-corrected chi connectivity index (χ4v) is 2.15. The summed E-state index contributed by atoms with van der Waals surface area (Å²) in [4.78, 5) is 0. The lowest BCUT2D eigenvalue weighted by Crippen LogP contribution is -1.96. The van der Waals surface area contributed by atoms with Gasteiger partial charge in [-0.15, -0.1) is 11.6 Å².